The highest BCUT2D eigenvalue weighted by atomic mass is 16.3. The van der Waals surface area contributed by atoms with Crippen LogP contribution in [0.4, 0.5) is 0 Å². The van der Waals surface area contributed by atoms with Gasteiger partial charge in [-0.2, -0.15) is 5.10 Å². The maximum atomic E-state index is 5.67. The van der Waals surface area contributed by atoms with Gasteiger partial charge in [0.2, 0.25) is 0 Å². The van der Waals surface area contributed by atoms with Crippen LogP contribution in [0.15, 0.2) is 22.7 Å². The highest BCUT2D eigenvalue weighted by molar-refractivity contribution is 5.56. The number of nitrogens with one attached hydrogen (secondary N) is 2. The lowest BCUT2D eigenvalue weighted by atomic mass is 9.67. The monoisotopic (exact) mass is 273 g/mol. The molecule has 4 nitrogen and oxygen atoms in total. The minimum absolute atomic E-state index is 0.547. The van der Waals surface area contributed by atoms with Crippen LogP contribution in [0.3, 0.4) is 0 Å². The van der Waals surface area contributed by atoms with Crippen molar-refractivity contribution >= 4 is 0 Å². The van der Waals surface area contributed by atoms with Crippen LogP contribution >= 0.6 is 0 Å². The third-order valence-electron chi connectivity index (χ3n) is 4.68. The van der Waals surface area contributed by atoms with Crippen LogP contribution in [-0.2, 0) is 6.54 Å². The highest BCUT2D eigenvalue weighted by Gasteiger charge is 2.34. The Hall–Kier alpha value is -1.55. The summed E-state index contributed by atoms with van der Waals surface area (Å²) in [5, 5.41) is 10.8. The van der Waals surface area contributed by atoms with Gasteiger partial charge in [-0.1, -0.05) is 13.3 Å². The zero-order chi connectivity index (χ0) is 14.0. The summed E-state index contributed by atoms with van der Waals surface area (Å²) in [5.74, 6) is 1.79. The molecule has 0 amide bonds. The fourth-order valence-electron chi connectivity index (χ4n) is 3.02. The van der Waals surface area contributed by atoms with E-state index in [1.165, 1.54) is 31.2 Å². The molecule has 2 heterocycles. The third-order valence-corrected chi connectivity index (χ3v) is 4.68. The van der Waals surface area contributed by atoms with E-state index in [0.29, 0.717) is 5.41 Å². The maximum absolute atomic E-state index is 5.67. The molecule has 0 aliphatic heterocycles. The summed E-state index contributed by atoms with van der Waals surface area (Å²) < 4.78 is 5.67. The second kappa shape index (κ2) is 5.44. The zero-order valence-corrected chi connectivity index (χ0v) is 12.3. The van der Waals surface area contributed by atoms with Crippen molar-refractivity contribution in [2.24, 2.45) is 5.41 Å². The first-order valence-electron chi connectivity index (χ1n) is 7.52. The molecular weight excluding hydrogens is 250 g/mol. The SMILES string of the molecule is CCC1(CNCc2cn[nH]c2-c2ccc(C)o2)CCC1. The molecular formula is C16H23N3O. The average molecular weight is 273 g/mol. The lowest BCUT2D eigenvalue weighted by molar-refractivity contribution is 0.124. The van der Waals surface area contributed by atoms with Crippen LogP contribution in [0.25, 0.3) is 11.5 Å². The van der Waals surface area contributed by atoms with E-state index in [-0.39, 0.29) is 0 Å². The molecule has 1 aliphatic rings. The van der Waals surface area contributed by atoms with E-state index in [9.17, 15) is 0 Å². The van der Waals surface area contributed by atoms with E-state index < -0.39 is 0 Å². The molecule has 0 radical (unpaired) electrons. The van der Waals surface area contributed by atoms with Gasteiger partial charge >= 0.3 is 0 Å². The number of hydrogen-bond donors (Lipinski definition) is 2. The van der Waals surface area contributed by atoms with Crippen molar-refractivity contribution in [1.82, 2.24) is 15.5 Å². The predicted octanol–water partition coefficient (Wildman–Crippen LogP) is 3.65. The summed E-state index contributed by atoms with van der Waals surface area (Å²) in [4.78, 5) is 0. The Labute approximate surface area is 120 Å². The molecule has 0 spiro atoms. The smallest absolute Gasteiger partial charge is 0.152 e. The van der Waals surface area contributed by atoms with Gasteiger partial charge in [-0.15, -0.1) is 0 Å². The number of hydrogen-bond acceptors (Lipinski definition) is 3. The van der Waals surface area contributed by atoms with Gasteiger partial charge in [0.25, 0.3) is 0 Å². The van der Waals surface area contributed by atoms with Crippen LogP contribution in [0.1, 0.15) is 43.9 Å². The van der Waals surface area contributed by atoms with Crippen LogP contribution in [0.5, 0.6) is 0 Å². The van der Waals surface area contributed by atoms with E-state index in [2.05, 4.69) is 22.4 Å². The molecule has 2 aromatic rings. The normalized spacial score (nSPS) is 17.1. The first kappa shape index (κ1) is 13.4. The number of H-pyrrole nitrogens is 1. The maximum Gasteiger partial charge on any atom is 0.152 e. The minimum Gasteiger partial charge on any atom is -0.460 e. The lowest BCUT2D eigenvalue weighted by Crippen LogP contribution is -2.39. The number of nitrogens with zero attached hydrogens (tertiary/aromatic N) is 1. The first-order chi connectivity index (χ1) is 9.72. The van der Waals surface area contributed by atoms with Gasteiger partial charge in [-0.05, 0) is 43.7 Å². The molecule has 0 aromatic carbocycles. The van der Waals surface area contributed by atoms with Crippen molar-refractivity contribution in [1.29, 1.82) is 0 Å². The standard InChI is InChI=1S/C16H23N3O/c1-3-16(7-4-8-16)11-17-9-13-10-18-19-15(13)14-6-5-12(2)20-14/h5-6,10,17H,3-4,7-9,11H2,1-2H3,(H,18,19). The van der Waals surface area contributed by atoms with Crippen molar-refractivity contribution in [3.05, 3.63) is 29.7 Å². The molecule has 20 heavy (non-hydrogen) atoms. The number of furan rings is 1. The second-order valence-corrected chi connectivity index (χ2v) is 5.99. The van der Waals surface area contributed by atoms with Gasteiger partial charge in [0.05, 0.1) is 6.20 Å². The van der Waals surface area contributed by atoms with Gasteiger partial charge in [0.15, 0.2) is 5.76 Å². The van der Waals surface area contributed by atoms with Crippen molar-refractivity contribution in [3.8, 4) is 11.5 Å². The number of rotatable bonds is 6. The van der Waals surface area contributed by atoms with E-state index >= 15 is 0 Å². The molecule has 1 saturated carbocycles. The summed E-state index contributed by atoms with van der Waals surface area (Å²) >= 11 is 0. The number of aryl methyl sites for hydroxylation is 1. The van der Waals surface area contributed by atoms with Crippen LogP contribution in [0, 0.1) is 12.3 Å². The summed E-state index contributed by atoms with van der Waals surface area (Å²) in [7, 11) is 0. The van der Waals surface area contributed by atoms with Gasteiger partial charge in [-0.25, -0.2) is 0 Å². The third kappa shape index (κ3) is 2.52. The number of aromatic amines is 1. The van der Waals surface area contributed by atoms with E-state index in [4.69, 9.17) is 4.42 Å². The van der Waals surface area contributed by atoms with Crippen LogP contribution in [0.2, 0.25) is 0 Å². The fourth-order valence-corrected chi connectivity index (χ4v) is 3.02. The molecule has 3 rings (SSSR count). The van der Waals surface area contributed by atoms with Gasteiger partial charge in [0.1, 0.15) is 11.5 Å². The molecule has 0 bridgehead atoms. The Kier molecular flexibility index (Phi) is 3.66. The molecule has 0 saturated heterocycles. The molecule has 1 fully saturated rings. The minimum atomic E-state index is 0.547. The first-order valence-corrected chi connectivity index (χ1v) is 7.52. The molecule has 4 heteroatoms. The molecule has 2 N–H and O–H groups in total. The summed E-state index contributed by atoms with van der Waals surface area (Å²) in [6, 6.07) is 3.97. The molecule has 1 aliphatic carbocycles. The summed E-state index contributed by atoms with van der Waals surface area (Å²) in [6.07, 6.45) is 7.28. The van der Waals surface area contributed by atoms with Crippen molar-refractivity contribution in [2.75, 3.05) is 6.54 Å². The number of aromatic nitrogens is 2. The quantitative estimate of drug-likeness (QED) is 0.844. The fraction of sp³-hybridized carbons (Fsp3) is 0.562. The molecule has 2 aromatic heterocycles. The van der Waals surface area contributed by atoms with E-state index in [0.717, 1.165) is 30.3 Å². The van der Waals surface area contributed by atoms with Crippen molar-refractivity contribution < 1.29 is 4.42 Å². The highest BCUT2D eigenvalue weighted by Crippen LogP contribution is 2.43. The summed E-state index contributed by atoms with van der Waals surface area (Å²) in [5.41, 5.74) is 2.71. The predicted molar refractivity (Wildman–Crippen MR) is 79.3 cm³/mol. The van der Waals surface area contributed by atoms with Crippen molar-refractivity contribution in [2.45, 2.75) is 46.1 Å². The molecule has 0 unspecified atom stereocenters. The Morgan fingerprint density at radius 2 is 2.25 bits per heavy atom. The van der Waals surface area contributed by atoms with E-state index in [1.807, 2.05) is 25.3 Å². The van der Waals surface area contributed by atoms with Gasteiger partial charge in [-0.3, -0.25) is 5.10 Å². The Bertz CT molecular complexity index is 560. The van der Waals surface area contributed by atoms with E-state index in [1.54, 1.807) is 0 Å². The molecule has 0 atom stereocenters. The van der Waals surface area contributed by atoms with Crippen LogP contribution < -0.4 is 5.32 Å². The Morgan fingerprint density at radius 1 is 1.40 bits per heavy atom. The van der Waals surface area contributed by atoms with Gasteiger partial charge in [0, 0.05) is 18.7 Å². The largest absolute Gasteiger partial charge is 0.460 e. The van der Waals surface area contributed by atoms with Crippen LogP contribution in [-0.4, -0.2) is 16.7 Å². The second-order valence-electron chi connectivity index (χ2n) is 5.99. The topological polar surface area (TPSA) is 53.9 Å². The molecule has 108 valence electrons. The lowest BCUT2D eigenvalue weighted by Gasteiger charge is -2.41. The Morgan fingerprint density at radius 3 is 2.85 bits per heavy atom. The zero-order valence-electron chi connectivity index (χ0n) is 12.3. The Balaban J connectivity index is 1.62. The van der Waals surface area contributed by atoms with Crippen molar-refractivity contribution in [3.63, 3.8) is 0 Å². The summed E-state index contributed by atoms with van der Waals surface area (Å²) in [6.45, 7) is 6.20. The average Bonchev–Trinajstić information content (AvgIpc) is 3.01. The van der Waals surface area contributed by atoms with Gasteiger partial charge < -0.3 is 9.73 Å².